The Morgan fingerprint density at radius 1 is 1.11 bits per heavy atom. The van der Waals surface area contributed by atoms with Gasteiger partial charge in [0.15, 0.2) is 14.9 Å². The lowest BCUT2D eigenvalue weighted by molar-refractivity contribution is 0.0118. The first-order valence-corrected chi connectivity index (χ1v) is 12.5. The summed E-state index contributed by atoms with van der Waals surface area (Å²) in [7, 11) is -0.563. The van der Waals surface area contributed by atoms with E-state index in [0.717, 1.165) is 28.3 Å². The molecule has 0 saturated carbocycles. The molecule has 1 aromatic rings. The Bertz CT molecular complexity index is 540. The highest BCUT2D eigenvalue weighted by Crippen LogP contribution is 2.13. The number of ether oxygens (including phenoxy) is 3. The van der Waals surface area contributed by atoms with Crippen molar-refractivity contribution in [3.8, 4) is 0 Å². The topological polar surface area (TPSA) is 137 Å². The number of hydrogen-bond donors (Lipinski definition) is 1. The molecule has 1 rings (SSSR count). The van der Waals surface area contributed by atoms with Crippen LogP contribution in [-0.2, 0) is 24.7 Å². The number of nitrogens with zero attached hydrogens (tertiary/aromatic N) is 5. The normalized spacial score (nSPS) is 11.2. The minimum absolute atomic E-state index is 0.336. The first-order chi connectivity index (χ1) is 13.9. The molecule has 2 N–H and O–H groups in total. The van der Waals surface area contributed by atoms with Crippen LogP contribution in [0.25, 0.3) is 10.4 Å². The van der Waals surface area contributed by atoms with E-state index in [0.29, 0.717) is 52.7 Å². The van der Waals surface area contributed by atoms with Crippen LogP contribution in [0.2, 0.25) is 0 Å². The van der Waals surface area contributed by atoms with Crippen LogP contribution < -0.4 is 5.73 Å². The number of azide groups is 1. The van der Waals surface area contributed by atoms with E-state index in [2.05, 4.69) is 20.0 Å². The van der Waals surface area contributed by atoms with Gasteiger partial charge in [-0.15, -0.1) is 0 Å². The second kappa shape index (κ2) is 19.4. The minimum Gasteiger partial charge on any atom is -0.379 e. The predicted molar refractivity (Wildman–Crippen MR) is 114 cm³/mol. The first kappa shape index (κ1) is 25.1. The molecule has 0 amide bonds. The van der Waals surface area contributed by atoms with Crippen molar-refractivity contribution in [2.75, 3.05) is 57.3 Å². The molecule has 0 fully saturated rings. The number of hydrogen-bond acceptors (Lipinski definition) is 10. The molecule has 158 valence electrons. The average molecular weight is 449 g/mol. The lowest BCUT2D eigenvalue weighted by Crippen LogP contribution is -2.10. The van der Waals surface area contributed by atoms with Crippen LogP contribution in [0.3, 0.4) is 0 Å². The van der Waals surface area contributed by atoms with Gasteiger partial charge in [-0.05, 0) is 30.5 Å². The molecule has 0 atom stereocenters. The third kappa shape index (κ3) is 15.1. The van der Waals surface area contributed by atoms with Gasteiger partial charge >= 0.3 is 0 Å². The van der Waals surface area contributed by atoms with Crippen molar-refractivity contribution in [3.63, 3.8) is 0 Å². The fraction of sp³-hybridized carbons (Fsp3) is 0.733. The van der Waals surface area contributed by atoms with Crippen LogP contribution in [0.1, 0.15) is 12.0 Å². The molecule has 13 heteroatoms. The van der Waals surface area contributed by atoms with Gasteiger partial charge in [0.1, 0.15) is 0 Å². The highest BCUT2D eigenvalue weighted by Gasteiger charge is 2.01. The van der Waals surface area contributed by atoms with E-state index < -0.39 is 9.76 Å². The fourth-order valence-corrected chi connectivity index (χ4v) is 5.13. The second-order valence-corrected chi connectivity index (χ2v) is 9.52. The third-order valence-corrected chi connectivity index (χ3v) is 6.75. The zero-order valence-corrected chi connectivity index (χ0v) is 19.0. The summed E-state index contributed by atoms with van der Waals surface area (Å²) in [6.07, 6.45) is 4.55. The van der Waals surface area contributed by atoms with Crippen molar-refractivity contribution in [1.82, 2.24) is 9.97 Å². The van der Waals surface area contributed by atoms with Crippen molar-refractivity contribution >= 4 is 33.6 Å². The molecule has 28 heavy (non-hydrogen) atoms. The largest absolute Gasteiger partial charge is 0.379 e. The van der Waals surface area contributed by atoms with E-state index in [1.54, 1.807) is 24.2 Å². The predicted octanol–water partition coefficient (Wildman–Crippen LogP) is 1.48. The van der Waals surface area contributed by atoms with Crippen LogP contribution in [0, 0.1) is 0 Å². The van der Waals surface area contributed by atoms with Crippen molar-refractivity contribution < 1.29 is 18.1 Å². The molecular weight excluding hydrogens is 420 g/mol. The summed E-state index contributed by atoms with van der Waals surface area (Å²) in [5.74, 6) is 0.955. The number of thioether (sulfide) groups is 1. The van der Waals surface area contributed by atoms with Gasteiger partial charge in [-0.1, -0.05) is 16.9 Å². The van der Waals surface area contributed by atoms with Crippen LogP contribution >= 0.6 is 23.8 Å². The molecule has 0 saturated heterocycles. The SMILES string of the molecule is [N-]=[N+]=NCCOCCOCCOCc1cnc(SC[SiH2]OSCCCN)nc1. The molecule has 1 heterocycles. The van der Waals surface area contributed by atoms with Crippen LogP contribution in [0.4, 0.5) is 0 Å². The molecule has 0 aliphatic rings. The Morgan fingerprint density at radius 2 is 1.82 bits per heavy atom. The molecule has 10 nitrogen and oxygen atoms in total. The van der Waals surface area contributed by atoms with Gasteiger partial charge in [-0.25, -0.2) is 9.97 Å². The molecule has 0 aliphatic carbocycles. The molecule has 0 spiro atoms. The summed E-state index contributed by atoms with van der Waals surface area (Å²) >= 11 is 3.13. The average Bonchev–Trinajstić information content (AvgIpc) is 2.72. The van der Waals surface area contributed by atoms with Crippen LogP contribution in [-0.4, -0.2) is 77.0 Å². The van der Waals surface area contributed by atoms with Gasteiger partial charge in [-0.3, -0.25) is 0 Å². The molecule has 0 unspecified atom stereocenters. The molecule has 0 aliphatic heterocycles. The maximum atomic E-state index is 8.11. The molecule has 0 bridgehead atoms. The Hall–Kier alpha value is -0.893. The summed E-state index contributed by atoms with van der Waals surface area (Å²) < 4.78 is 21.7. The number of nitrogens with two attached hydrogens (primary N) is 1. The lowest BCUT2D eigenvalue weighted by Gasteiger charge is -2.06. The Balaban J connectivity index is 1.95. The molecular formula is C15H28N6O4S2Si. The van der Waals surface area contributed by atoms with E-state index >= 15 is 0 Å². The van der Waals surface area contributed by atoms with E-state index in [1.807, 2.05) is 0 Å². The third-order valence-electron chi connectivity index (χ3n) is 3.01. The van der Waals surface area contributed by atoms with Crippen LogP contribution in [0.5, 0.6) is 0 Å². The molecule has 1 aromatic heterocycles. The zero-order valence-electron chi connectivity index (χ0n) is 15.9. The van der Waals surface area contributed by atoms with E-state index in [-0.39, 0.29) is 0 Å². The van der Waals surface area contributed by atoms with Crippen molar-refractivity contribution in [2.24, 2.45) is 10.8 Å². The van der Waals surface area contributed by atoms with E-state index in [9.17, 15) is 0 Å². The van der Waals surface area contributed by atoms with Gasteiger partial charge < -0.3 is 23.8 Å². The highest BCUT2D eigenvalue weighted by atomic mass is 32.2. The maximum Gasteiger partial charge on any atom is 0.191 e. The minimum atomic E-state index is -0.563. The van der Waals surface area contributed by atoms with Crippen molar-refractivity contribution in [3.05, 3.63) is 28.4 Å². The van der Waals surface area contributed by atoms with Crippen LogP contribution in [0.15, 0.2) is 22.7 Å². The summed E-state index contributed by atoms with van der Waals surface area (Å²) in [5, 5.41) is 5.07. The van der Waals surface area contributed by atoms with E-state index in [4.69, 9.17) is 29.3 Å². The summed E-state index contributed by atoms with van der Waals surface area (Å²) in [4.78, 5) is 11.3. The Kier molecular flexibility index (Phi) is 17.4. The second-order valence-electron chi connectivity index (χ2n) is 5.24. The zero-order chi connectivity index (χ0) is 20.1. The summed E-state index contributed by atoms with van der Waals surface area (Å²) in [6, 6.07) is 0. The monoisotopic (exact) mass is 448 g/mol. The quantitative estimate of drug-likeness (QED) is 0.0487. The summed E-state index contributed by atoms with van der Waals surface area (Å²) in [6.45, 7) is 3.82. The molecule has 0 radical (unpaired) electrons. The Morgan fingerprint density at radius 3 is 2.54 bits per heavy atom. The number of aromatic nitrogens is 2. The van der Waals surface area contributed by atoms with Gasteiger partial charge in [0.05, 0.1) is 39.6 Å². The number of rotatable bonds is 19. The first-order valence-electron chi connectivity index (χ1n) is 8.99. The maximum absolute atomic E-state index is 8.11. The standard InChI is InChI=1S/C15H28N6O4S2Si/c16-2-1-9-27-25-28-13-26-15-18-10-14(11-19-15)12-24-8-7-23-6-5-22-4-3-20-21-17/h10-11H,1-9,12-13,16,28H2. The van der Waals surface area contributed by atoms with E-state index in [1.165, 1.54) is 12.0 Å². The smallest absolute Gasteiger partial charge is 0.191 e. The fourth-order valence-electron chi connectivity index (χ4n) is 1.70. The summed E-state index contributed by atoms with van der Waals surface area (Å²) in [5.41, 5.74) is 14.5. The highest BCUT2D eigenvalue weighted by molar-refractivity contribution is 8.00. The van der Waals surface area contributed by atoms with Crippen molar-refractivity contribution in [2.45, 2.75) is 18.2 Å². The van der Waals surface area contributed by atoms with Gasteiger partial charge in [0.2, 0.25) is 0 Å². The van der Waals surface area contributed by atoms with Gasteiger partial charge in [0.25, 0.3) is 0 Å². The lowest BCUT2D eigenvalue weighted by atomic mass is 10.4. The molecule has 0 aromatic carbocycles. The Labute approximate surface area is 176 Å². The van der Waals surface area contributed by atoms with Gasteiger partial charge in [0, 0.05) is 40.5 Å². The van der Waals surface area contributed by atoms with Gasteiger partial charge in [-0.2, -0.15) is 0 Å². The van der Waals surface area contributed by atoms with Crippen molar-refractivity contribution in [1.29, 1.82) is 0 Å².